The largest absolute Gasteiger partial charge is 0.491 e. The van der Waals surface area contributed by atoms with Crippen LogP contribution < -0.4 is 0 Å². The Hall–Kier alpha value is -0.160. The van der Waals surface area contributed by atoms with Gasteiger partial charge in [-0.05, 0) is 51.8 Å². The minimum absolute atomic E-state index is 0. The maximum Gasteiger partial charge on any atom is 0.302 e. The van der Waals surface area contributed by atoms with Gasteiger partial charge in [-0.2, -0.15) is 0 Å². The van der Waals surface area contributed by atoms with E-state index in [2.05, 4.69) is 38.9 Å². The summed E-state index contributed by atoms with van der Waals surface area (Å²) in [5.74, 6) is -0.245. The van der Waals surface area contributed by atoms with Crippen molar-refractivity contribution in [1.82, 2.24) is 0 Å². The second kappa shape index (κ2) is 42.0. The lowest BCUT2D eigenvalue weighted by Gasteiger charge is -1.87. The molecule has 0 rings (SSSR count). The Kier molecular flexibility index (Phi) is 67.9. The Morgan fingerprint density at radius 3 is 1.14 bits per heavy atom. The van der Waals surface area contributed by atoms with Gasteiger partial charge in [-0.3, -0.25) is 14.6 Å². The van der Waals surface area contributed by atoms with Crippen LogP contribution in [0.4, 0.5) is 0 Å². The molecule has 0 atom stereocenters. The summed E-state index contributed by atoms with van der Waals surface area (Å²) in [7, 11) is 2.91. The van der Waals surface area contributed by atoms with Crippen LogP contribution in [0, 0.1) is 0 Å². The minimum atomic E-state index is -0.245. The van der Waals surface area contributed by atoms with Gasteiger partial charge < -0.3 is 9.47 Å². The van der Waals surface area contributed by atoms with Crippen LogP contribution in [-0.4, -0.2) is 64.9 Å². The molecule has 0 spiro atoms. The summed E-state index contributed by atoms with van der Waals surface area (Å²) >= 11 is 13.7. The molecular weight excluding hydrogens is 467 g/mol. The van der Waals surface area contributed by atoms with Crippen molar-refractivity contribution in [2.75, 3.05) is 39.5 Å². The van der Waals surface area contributed by atoms with Crippen LogP contribution in [-0.2, 0) is 19.1 Å². The number of aliphatic imine (C=N–C) groups is 1. The number of methoxy groups -OCH3 is 2. The van der Waals surface area contributed by atoms with E-state index in [0.29, 0.717) is 5.05 Å². The quantitative estimate of drug-likeness (QED) is 0.164. The van der Waals surface area contributed by atoms with Crippen molar-refractivity contribution in [1.29, 1.82) is 0 Å². The van der Waals surface area contributed by atoms with Crippen LogP contribution in [0.25, 0.3) is 0 Å². The molecule has 0 aliphatic heterocycles. The SMILES string of the molecule is C.C.CCN=C(C)SC.COC(C)=O.COC(C)=S.CSC(C)=O.CSC(C)=S. The first-order valence-electron chi connectivity index (χ1n) is 7.63. The zero-order valence-corrected chi connectivity index (χ0v) is 22.4. The molecule has 0 unspecified atom stereocenters. The molecule has 0 heterocycles. The van der Waals surface area contributed by atoms with Gasteiger partial charge in [-0.1, -0.05) is 38.8 Å². The van der Waals surface area contributed by atoms with Crippen molar-refractivity contribution in [3.05, 3.63) is 0 Å². The van der Waals surface area contributed by atoms with E-state index in [9.17, 15) is 9.59 Å². The van der Waals surface area contributed by atoms with E-state index in [1.807, 2.05) is 33.3 Å². The van der Waals surface area contributed by atoms with Gasteiger partial charge in [0.15, 0.2) is 10.2 Å². The maximum absolute atomic E-state index is 9.78. The molecule has 178 valence electrons. The molecular formula is C19H43NO4S5. The highest BCUT2D eigenvalue weighted by atomic mass is 32.2. The molecule has 0 N–H and O–H groups in total. The molecule has 0 aromatic rings. The molecule has 0 aromatic heterocycles. The Morgan fingerprint density at radius 2 is 1.10 bits per heavy atom. The predicted octanol–water partition coefficient (Wildman–Crippen LogP) is 6.81. The monoisotopic (exact) mass is 509 g/mol. The molecule has 0 radical (unpaired) electrons. The summed E-state index contributed by atoms with van der Waals surface area (Å²) in [6, 6.07) is 0. The summed E-state index contributed by atoms with van der Waals surface area (Å²) < 4.78 is 9.60. The van der Waals surface area contributed by atoms with E-state index in [1.54, 1.807) is 50.7 Å². The lowest BCUT2D eigenvalue weighted by Crippen LogP contribution is -1.88. The average molecular weight is 510 g/mol. The number of hydrogen-bond donors (Lipinski definition) is 0. The Morgan fingerprint density at radius 1 is 0.828 bits per heavy atom. The van der Waals surface area contributed by atoms with Crippen molar-refractivity contribution >= 4 is 85.1 Å². The maximum atomic E-state index is 9.78. The van der Waals surface area contributed by atoms with Gasteiger partial charge in [0.2, 0.25) is 0 Å². The van der Waals surface area contributed by atoms with Crippen LogP contribution in [0.5, 0.6) is 0 Å². The van der Waals surface area contributed by atoms with Crippen molar-refractivity contribution < 1.29 is 19.1 Å². The van der Waals surface area contributed by atoms with E-state index < -0.39 is 0 Å². The van der Waals surface area contributed by atoms with Crippen molar-refractivity contribution in [3.8, 4) is 0 Å². The van der Waals surface area contributed by atoms with Gasteiger partial charge in [-0.15, -0.1) is 23.5 Å². The van der Waals surface area contributed by atoms with Crippen LogP contribution in [0.15, 0.2) is 4.99 Å². The lowest BCUT2D eigenvalue weighted by atomic mass is 10.7. The summed E-state index contributed by atoms with van der Waals surface area (Å²) in [6.45, 7) is 11.5. The number of thiocarbonyl (C=S) groups is 2. The number of carbonyl (C=O) groups excluding carboxylic acids is 2. The molecule has 29 heavy (non-hydrogen) atoms. The summed E-state index contributed by atoms with van der Waals surface area (Å²) in [5, 5.41) is 1.93. The summed E-state index contributed by atoms with van der Waals surface area (Å²) in [4.78, 5) is 23.5. The van der Waals surface area contributed by atoms with Gasteiger partial charge in [-0.25, -0.2) is 0 Å². The Labute approximate surface area is 204 Å². The highest BCUT2D eigenvalue weighted by molar-refractivity contribution is 8.22. The van der Waals surface area contributed by atoms with Gasteiger partial charge in [0.25, 0.3) is 0 Å². The van der Waals surface area contributed by atoms with Gasteiger partial charge in [0, 0.05) is 31.5 Å². The fourth-order valence-corrected chi connectivity index (χ4v) is 0.545. The molecule has 0 amide bonds. The highest BCUT2D eigenvalue weighted by Crippen LogP contribution is 1.94. The number of hydrogen-bond acceptors (Lipinski definition) is 10. The second-order valence-corrected chi connectivity index (χ2v) is 8.43. The zero-order chi connectivity index (χ0) is 22.8. The molecule has 0 saturated heterocycles. The number of ether oxygens (including phenoxy) is 2. The lowest BCUT2D eigenvalue weighted by molar-refractivity contribution is -0.137. The van der Waals surface area contributed by atoms with Crippen molar-refractivity contribution in [2.45, 2.75) is 56.4 Å². The molecule has 10 heteroatoms. The molecule has 0 aromatic carbocycles. The van der Waals surface area contributed by atoms with Crippen LogP contribution in [0.3, 0.4) is 0 Å². The first-order valence-corrected chi connectivity index (χ1v) is 12.1. The van der Waals surface area contributed by atoms with E-state index in [4.69, 9.17) is 0 Å². The zero-order valence-electron chi connectivity index (χ0n) is 18.3. The number of esters is 1. The normalized spacial score (nSPS) is 7.90. The number of nitrogens with zero attached hydrogens (tertiary/aromatic N) is 1. The fraction of sp³-hybridized carbons (Fsp3) is 0.737. The summed E-state index contributed by atoms with van der Waals surface area (Å²) in [6.07, 6.45) is 5.78. The van der Waals surface area contributed by atoms with Crippen LogP contribution in [0.2, 0.25) is 0 Å². The first-order chi connectivity index (χ1) is 12.4. The second-order valence-electron chi connectivity index (χ2n) is 3.98. The first kappa shape index (κ1) is 46.9. The van der Waals surface area contributed by atoms with Gasteiger partial charge >= 0.3 is 5.97 Å². The number of carbonyl (C=O) groups is 2. The standard InChI is InChI=1S/C5H11NS.C3H6O2.2C3H6OS.C3H6S2.2CH4/c1-4-6-5(2)7-3;2*1-3(4)5-2;1-3(5)4-2;1-3(4)5-2;;/h4H2,1-3H3;4*1-2H3;2*1H4. The van der Waals surface area contributed by atoms with Crippen LogP contribution in [0.1, 0.15) is 56.4 Å². The van der Waals surface area contributed by atoms with Crippen LogP contribution >= 0.6 is 59.7 Å². The molecule has 0 bridgehead atoms. The third-order valence-electron chi connectivity index (χ3n) is 1.83. The predicted molar refractivity (Wildman–Crippen MR) is 150 cm³/mol. The molecule has 5 nitrogen and oxygen atoms in total. The molecule has 0 saturated carbocycles. The minimum Gasteiger partial charge on any atom is -0.491 e. The van der Waals surface area contributed by atoms with Crippen molar-refractivity contribution in [2.24, 2.45) is 4.99 Å². The van der Waals surface area contributed by atoms with E-state index in [0.717, 1.165) is 10.7 Å². The third-order valence-corrected chi connectivity index (χ3v) is 4.36. The molecule has 0 aliphatic carbocycles. The molecule has 0 aliphatic rings. The smallest absolute Gasteiger partial charge is 0.302 e. The van der Waals surface area contributed by atoms with E-state index in [1.165, 1.54) is 30.8 Å². The number of rotatable bonds is 1. The summed E-state index contributed by atoms with van der Waals surface area (Å²) in [5.41, 5.74) is 0. The third kappa shape index (κ3) is 113. The van der Waals surface area contributed by atoms with Crippen molar-refractivity contribution in [3.63, 3.8) is 0 Å². The topological polar surface area (TPSA) is 65.0 Å². The highest BCUT2D eigenvalue weighted by Gasteiger charge is 1.79. The van der Waals surface area contributed by atoms with E-state index >= 15 is 0 Å². The average Bonchev–Trinajstić information content (AvgIpc) is 2.63. The van der Waals surface area contributed by atoms with Gasteiger partial charge in [0.05, 0.1) is 19.3 Å². The Balaban J connectivity index is -0.0000000413. The van der Waals surface area contributed by atoms with Gasteiger partial charge in [0.1, 0.15) is 0 Å². The fourth-order valence-electron chi connectivity index (χ4n) is 0.287. The van der Waals surface area contributed by atoms with E-state index in [-0.39, 0.29) is 25.9 Å². The number of thioether (sulfide) groups is 3. The Bertz CT molecular complexity index is 361. The molecule has 0 fully saturated rings.